The predicted octanol–water partition coefficient (Wildman–Crippen LogP) is 6.58. The van der Waals surface area contributed by atoms with Crippen LogP contribution in [0.15, 0.2) is 60.8 Å². The van der Waals surface area contributed by atoms with Gasteiger partial charge in [0.15, 0.2) is 11.5 Å². The summed E-state index contributed by atoms with van der Waals surface area (Å²) in [6, 6.07) is 17.1. The molecule has 1 atom stereocenters. The molecule has 0 spiro atoms. The lowest BCUT2D eigenvalue weighted by atomic mass is 9.95. The Bertz CT molecular complexity index is 1490. The van der Waals surface area contributed by atoms with E-state index in [1.165, 1.54) is 33.8 Å². The molecule has 2 aromatic carbocycles. The van der Waals surface area contributed by atoms with Crippen molar-refractivity contribution in [1.29, 1.82) is 0 Å². The zero-order valence-electron chi connectivity index (χ0n) is 21.8. The van der Waals surface area contributed by atoms with Crippen LogP contribution in [0.1, 0.15) is 46.1 Å². The van der Waals surface area contributed by atoms with Crippen LogP contribution < -0.4 is 19.5 Å². The summed E-state index contributed by atoms with van der Waals surface area (Å²) >= 11 is 1.88. The molecule has 3 heterocycles. The minimum Gasteiger partial charge on any atom is -0.497 e. The van der Waals surface area contributed by atoms with Gasteiger partial charge >= 0.3 is 6.03 Å². The molecule has 7 nitrogen and oxygen atoms in total. The second kappa shape index (κ2) is 10.1. The summed E-state index contributed by atoms with van der Waals surface area (Å²) in [6.45, 7) is 0.518. The second-order valence-electron chi connectivity index (χ2n) is 9.60. The number of methoxy groups -OCH3 is 3. The fraction of sp³-hybridized carbons (Fsp3) is 0.300. The highest BCUT2D eigenvalue weighted by Gasteiger charge is 2.36. The van der Waals surface area contributed by atoms with Crippen LogP contribution in [0.3, 0.4) is 0 Å². The van der Waals surface area contributed by atoms with Crippen LogP contribution in [0.4, 0.5) is 10.5 Å². The monoisotopic (exact) mass is 529 g/mol. The van der Waals surface area contributed by atoms with E-state index in [1.54, 1.807) is 33.5 Å². The molecule has 0 unspecified atom stereocenters. The molecule has 0 saturated carbocycles. The number of fused-ring (bicyclic) bond motifs is 5. The fourth-order valence-electron chi connectivity index (χ4n) is 5.66. The summed E-state index contributed by atoms with van der Waals surface area (Å²) in [7, 11) is 4.85. The van der Waals surface area contributed by atoms with Crippen LogP contribution >= 0.6 is 11.3 Å². The Balaban J connectivity index is 1.47. The summed E-state index contributed by atoms with van der Waals surface area (Å²) in [6.07, 6.45) is 6.71. The molecule has 0 bridgehead atoms. The van der Waals surface area contributed by atoms with Crippen molar-refractivity contribution in [3.63, 3.8) is 0 Å². The third-order valence-corrected chi connectivity index (χ3v) is 8.82. The van der Waals surface area contributed by atoms with Crippen molar-refractivity contribution in [2.45, 2.75) is 38.3 Å². The minimum atomic E-state index is -0.306. The number of hydrogen-bond acceptors (Lipinski definition) is 5. The van der Waals surface area contributed by atoms with Gasteiger partial charge in [-0.15, -0.1) is 11.3 Å². The number of urea groups is 1. The Morgan fingerprint density at radius 2 is 1.76 bits per heavy atom. The van der Waals surface area contributed by atoms with Crippen molar-refractivity contribution in [1.82, 2.24) is 9.47 Å². The predicted molar refractivity (Wildman–Crippen MR) is 149 cm³/mol. The van der Waals surface area contributed by atoms with E-state index < -0.39 is 0 Å². The van der Waals surface area contributed by atoms with E-state index in [1.807, 2.05) is 40.5 Å². The van der Waals surface area contributed by atoms with Crippen molar-refractivity contribution in [2.75, 3.05) is 26.6 Å². The Hall–Kier alpha value is -3.91. The molecule has 4 aromatic rings. The SMILES string of the molecule is COc1cccc([C@@H]2c3cccn3-c3sc4c(c3CN2C(=O)Nc2ccc(OC)c(OC)c2)CCCC4)c1. The Morgan fingerprint density at radius 3 is 2.58 bits per heavy atom. The molecule has 38 heavy (non-hydrogen) atoms. The minimum absolute atomic E-state index is 0.179. The van der Waals surface area contributed by atoms with Gasteiger partial charge in [0.05, 0.1) is 39.6 Å². The molecule has 2 amide bonds. The van der Waals surface area contributed by atoms with E-state index in [4.69, 9.17) is 14.2 Å². The van der Waals surface area contributed by atoms with Crippen molar-refractivity contribution in [3.8, 4) is 22.2 Å². The number of rotatable bonds is 5. The van der Waals surface area contributed by atoms with Gasteiger partial charge in [-0.25, -0.2) is 4.79 Å². The molecule has 0 saturated heterocycles. The first-order valence-corrected chi connectivity index (χ1v) is 13.7. The van der Waals surface area contributed by atoms with E-state index in [2.05, 4.69) is 34.3 Å². The van der Waals surface area contributed by atoms with Crippen LogP contribution in [0, 0.1) is 0 Å². The van der Waals surface area contributed by atoms with Gasteiger partial charge in [0.2, 0.25) is 0 Å². The lowest BCUT2D eigenvalue weighted by molar-refractivity contribution is 0.194. The van der Waals surface area contributed by atoms with Crippen LogP contribution in [-0.4, -0.2) is 36.8 Å². The van der Waals surface area contributed by atoms with Crippen molar-refractivity contribution < 1.29 is 19.0 Å². The van der Waals surface area contributed by atoms with Gasteiger partial charge in [-0.1, -0.05) is 12.1 Å². The highest BCUT2D eigenvalue weighted by atomic mass is 32.1. The molecule has 0 radical (unpaired) electrons. The van der Waals surface area contributed by atoms with Gasteiger partial charge in [-0.2, -0.15) is 0 Å². The van der Waals surface area contributed by atoms with Gasteiger partial charge in [0.25, 0.3) is 0 Å². The lowest BCUT2D eigenvalue weighted by Gasteiger charge is -2.31. The first-order valence-electron chi connectivity index (χ1n) is 12.9. The van der Waals surface area contributed by atoms with Crippen LogP contribution in [-0.2, 0) is 19.4 Å². The zero-order valence-corrected chi connectivity index (χ0v) is 22.6. The Morgan fingerprint density at radius 1 is 0.921 bits per heavy atom. The van der Waals surface area contributed by atoms with Crippen LogP contribution in [0.25, 0.3) is 5.00 Å². The molecule has 196 valence electrons. The van der Waals surface area contributed by atoms with Gasteiger partial charge in [0.1, 0.15) is 10.8 Å². The Labute approximate surface area is 226 Å². The molecule has 1 aliphatic heterocycles. The fourth-order valence-corrected chi connectivity index (χ4v) is 7.06. The maximum Gasteiger partial charge on any atom is 0.322 e. The summed E-state index contributed by atoms with van der Waals surface area (Å²) < 4.78 is 18.7. The number of ether oxygens (including phenoxy) is 3. The molecule has 2 aliphatic rings. The van der Waals surface area contributed by atoms with Gasteiger partial charge in [0, 0.05) is 28.4 Å². The molecule has 0 fully saturated rings. The number of aromatic nitrogens is 1. The van der Waals surface area contributed by atoms with Crippen LogP contribution in [0.5, 0.6) is 17.2 Å². The number of nitrogens with zero attached hydrogens (tertiary/aromatic N) is 2. The third-order valence-electron chi connectivity index (χ3n) is 7.48. The largest absolute Gasteiger partial charge is 0.497 e. The Kier molecular flexibility index (Phi) is 6.49. The molecule has 8 heteroatoms. The van der Waals surface area contributed by atoms with E-state index in [0.717, 1.165) is 29.8 Å². The topological polar surface area (TPSA) is 65.0 Å². The first-order chi connectivity index (χ1) is 18.6. The number of hydrogen-bond donors (Lipinski definition) is 1. The molecule has 6 rings (SSSR count). The number of carbonyl (C=O) groups is 1. The highest BCUT2D eigenvalue weighted by molar-refractivity contribution is 7.15. The van der Waals surface area contributed by atoms with E-state index in [9.17, 15) is 4.79 Å². The number of amides is 2. The highest BCUT2D eigenvalue weighted by Crippen LogP contribution is 2.44. The van der Waals surface area contributed by atoms with E-state index >= 15 is 0 Å². The molecule has 1 aliphatic carbocycles. The molecule has 1 N–H and O–H groups in total. The number of anilines is 1. The van der Waals surface area contributed by atoms with Crippen molar-refractivity contribution >= 4 is 23.1 Å². The quantitative estimate of drug-likeness (QED) is 0.317. The summed E-state index contributed by atoms with van der Waals surface area (Å²) in [5, 5.41) is 4.36. The number of benzene rings is 2. The molecular weight excluding hydrogens is 498 g/mol. The normalized spacial score (nSPS) is 16.1. The maximum atomic E-state index is 14.1. The van der Waals surface area contributed by atoms with Gasteiger partial charge in [-0.05, 0) is 73.2 Å². The number of thiophene rings is 1. The first kappa shape index (κ1) is 24.4. The molecular formula is C30H31N3O4S. The van der Waals surface area contributed by atoms with E-state index in [0.29, 0.717) is 23.7 Å². The van der Waals surface area contributed by atoms with E-state index in [-0.39, 0.29) is 12.1 Å². The van der Waals surface area contributed by atoms with Crippen molar-refractivity contribution in [3.05, 3.63) is 88.1 Å². The average molecular weight is 530 g/mol. The van der Waals surface area contributed by atoms with Crippen molar-refractivity contribution in [2.24, 2.45) is 0 Å². The van der Waals surface area contributed by atoms with Gasteiger partial charge < -0.3 is 29.0 Å². The third kappa shape index (κ3) is 4.19. The molecule has 2 aromatic heterocycles. The van der Waals surface area contributed by atoms with Gasteiger partial charge in [-0.3, -0.25) is 0 Å². The summed E-state index contributed by atoms with van der Waals surface area (Å²) in [4.78, 5) is 17.6. The summed E-state index contributed by atoms with van der Waals surface area (Å²) in [5.41, 5.74) is 5.37. The maximum absolute atomic E-state index is 14.1. The number of nitrogens with one attached hydrogen (secondary N) is 1. The average Bonchev–Trinajstić information content (AvgIpc) is 3.54. The standard InChI is InChI=1S/C30H31N3O4S/c1-35-21-9-6-8-19(16-21)28-24-11-7-15-32(24)29-23(22-10-4-5-12-27(22)38-29)18-33(28)30(34)31-20-13-14-25(36-2)26(17-20)37-3/h6-9,11,13-17,28H,4-5,10,12,18H2,1-3H3,(H,31,34)/t28-/m1/s1. The summed E-state index contributed by atoms with van der Waals surface area (Å²) in [5.74, 6) is 1.94. The second-order valence-corrected chi connectivity index (χ2v) is 10.7. The smallest absolute Gasteiger partial charge is 0.322 e. The number of carbonyl (C=O) groups excluding carboxylic acids is 1. The zero-order chi connectivity index (χ0) is 26.2. The van der Waals surface area contributed by atoms with Crippen LogP contribution in [0.2, 0.25) is 0 Å². The number of aryl methyl sites for hydroxylation is 1. The lowest BCUT2D eigenvalue weighted by Crippen LogP contribution is -2.38.